The molecule has 0 saturated carbocycles. The molecule has 8 nitrogen and oxygen atoms in total. The summed E-state index contributed by atoms with van der Waals surface area (Å²) >= 11 is 0. The van der Waals surface area contributed by atoms with Gasteiger partial charge < -0.3 is 30.6 Å². The SMILES string of the molecule is O=[N+]([O-])[O-].O=[N+]([O-])[O-].[Ag+].[Zn+2]. The topological polar surface area (TPSA) is 132 Å². The van der Waals surface area contributed by atoms with Gasteiger partial charge in [-0.1, -0.05) is 0 Å². The summed E-state index contributed by atoms with van der Waals surface area (Å²) in [4.78, 5) is 16.5. The van der Waals surface area contributed by atoms with Gasteiger partial charge in [0.05, 0.1) is 10.2 Å². The minimum atomic E-state index is -1.75. The molecule has 0 heterocycles. The molecular weight excluding hydrogens is 297 g/mol. The fourth-order valence-electron chi connectivity index (χ4n) is 0. The third-order valence-electron chi connectivity index (χ3n) is 0. The Kier molecular flexibility index (Phi) is 35.9. The Hall–Kier alpha value is -0.236. The van der Waals surface area contributed by atoms with Crippen LogP contribution in [0.4, 0.5) is 0 Å². The van der Waals surface area contributed by atoms with Crippen molar-refractivity contribution in [3.8, 4) is 0 Å². The molecule has 0 spiro atoms. The van der Waals surface area contributed by atoms with Gasteiger partial charge in [0.2, 0.25) is 0 Å². The van der Waals surface area contributed by atoms with E-state index in [0.717, 1.165) is 0 Å². The zero-order valence-corrected chi connectivity index (χ0v) is 8.80. The van der Waals surface area contributed by atoms with Crippen LogP contribution < -0.4 is 0 Å². The fourth-order valence-corrected chi connectivity index (χ4v) is 0. The van der Waals surface area contributed by atoms with Crippen molar-refractivity contribution in [1.29, 1.82) is 0 Å². The summed E-state index contributed by atoms with van der Waals surface area (Å²) < 4.78 is 0. The second kappa shape index (κ2) is 15.9. The average molecular weight is 297 g/mol. The molecule has 0 radical (unpaired) electrons. The van der Waals surface area contributed by atoms with E-state index in [-0.39, 0.29) is 41.9 Å². The van der Waals surface area contributed by atoms with E-state index in [1.54, 1.807) is 0 Å². The van der Waals surface area contributed by atoms with Gasteiger partial charge >= 0.3 is 41.9 Å². The molecule has 0 aromatic carbocycles. The molecule has 0 aliphatic carbocycles. The summed E-state index contributed by atoms with van der Waals surface area (Å²) in [5.74, 6) is 0. The van der Waals surface area contributed by atoms with Crippen molar-refractivity contribution in [2.45, 2.75) is 0 Å². The number of rotatable bonds is 0. The van der Waals surface area contributed by atoms with Gasteiger partial charge in [0.25, 0.3) is 0 Å². The normalized spacial score (nSPS) is 4.80. The van der Waals surface area contributed by atoms with Gasteiger partial charge in [0.15, 0.2) is 0 Å². The van der Waals surface area contributed by atoms with Crippen molar-refractivity contribution in [2.75, 3.05) is 0 Å². The maximum absolute atomic E-state index is 8.25. The first kappa shape index (κ1) is 22.6. The van der Waals surface area contributed by atoms with Crippen LogP contribution in [0.3, 0.4) is 0 Å². The van der Waals surface area contributed by atoms with E-state index in [0.29, 0.717) is 0 Å². The van der Waals surface area contributed by atoms with E-state index in [9.17, 15) is 0 Å². The van der Waals surface area contributed by atoms with E-state index in [1.807, 2.05) is 0 Å². The molecule has 10 heavy (non-hydrogen) atoms. The van der Waals surface area contributed by atoms with E-state index < -0.39 is 10.2 Å². The summed E-state index contributed by atoms with van der Waals surface area (Å²) in [7, 11) is 0. The maximum Gasteiger partial charge on any atom is 2.00 e. The number of hydrogen-bond donors (Lipinski definition) is 0. The zero-order valence-electron chi connectivity index (χ0n) is 4.35. The average Bonchev–Trinajstić information content (AvgIpc) is 1.25. The largest absolute Gasteiger partial charge is 2.00 e. The van der Waals surface area contributed by atoms with Crippen LogP contribution >= 0.6 is 0 Å². The molecular formula is AgN2O6Zn+. The molecule has 0 aromatic heterocycles. The van der Waals surface area contributed by atoms with Crippen LogP contribution in [0.2, 0.25) is 0 Å². The van der Waals surface area contributed by atoms with Crippen LogP contribution in [0.5, 0.6) is 0 Å². The number of nitrogens with zero attached hydrogens (tertiary/aromatic N) is 2. The van der Waals surface area contributed by atoms with Crippen LogP contribution in [0.25, 0.3) is 0 Å². The predicted molar refractivity (Wildman–Crippen MR) is 20.7 cm³/mol. The fraction of sp³-hybridized carbons (Fsp3) is 0. The second-order valence-electron chi connectivity index (χ2n) is 0.447. The summed E-state index contributed by atoms with van der Waals surface area (Å²) in [5.41, 5.74) is 0. The van der Waals surface area contributed by atoms with Crippen LogP contribution in [0, 0.1) is 30.6 Å². The standard InChI is InChI=1S/Ag.2NO3.Zn/c;2*2-1(3)4;/q+1;2*-1;+2. The molecule has 0 saturated heterocycles. The Morgan fingerprint density at radius 2 is 0.800 bits per heavy atom. The summed E-state index contributed by atoms with van der Waals surface area (Å²) in [5, 5.41) is 29.5. The molecule has 0 aliphatic rings. The molecule has 0 unspecified atom stereocenters. The molecule has 0 atom stereocenters. The van der Waals surface area contributed by atoms with Crippen LogP contribution in [0.1, 0.15) is 0 Å². The van der Waals surface area contributed by atoms with Crippen molar-refractivity contribution in [3.63, 3.8) is 0 Å². The molecule has 0 N–H and O–H groups in total. The summed E-state index contributed by atoms with van der Waals surface area (Å²) in [6, 6.07) is 0. The molecule has 0 aromatic rings. The molecule has 0 fully saturated rings. The Balaban J connectivity index is -0.0000000300. The predicted octanol–water partition coefficient (Wildman–Crippen LogP) is -0.483. The Labute approximate surface area is 82.7 Å². The molecule has 0 aliphatic heterocycles. The smallest absolute Gasteiger partial charge is 0.356 e. The number of hydrogen-bond acceptors (Lipinski definition) is 6. The Morgan fingerprint density at radius 3 is 0.800 bits per heavy atom. The van der Waals surface area contributed by atoms with Crippen molar-refractivity contribution in [3.05, 3.63) is 30.6 Å². The van der Waals surface area contributed by atoms with Gasteiger partial charge in [0, 0.05) is 0 Å². The van der Waals surface area contributed by atoms with Crippen molar-refractivity contribution >= 4 is 0 Å². The quantitative estimate of drug-likeness (QED) is 0.337. The monoisotopic (exact) mass is 295 g/mol. The van der Waals surface area contributed by atoms with Crippen LogP contribution in [0.15, 0.2) is 0 Å². The second-order valence-corrected chi connectivity index (χ2v) is 0.447. The minimum Gasteiger partial charge on any atom is -0.356 e. The Morgan fingerprint density at radius 1 is 0.800 bits per heavy atom. The van der Waals surface area contributed by atoms with E-state index >= 15 is 0 Å². The van der Waals surface area contributed by atoms with Gasteiger partial charge in [-0.2, -0.15) is 0 Å². The summed E-state index contributed by atoms with van der Waals surface area (Å²) in [6.45, 7) is 0. The zero-order chi connectivity index (χ0) is 7.15. The van der Waals surface area contributed by atoms with E-state index in [2.05, 4.69) is 0 Å². The van der Waals surface area contributed by atoms with Gasteiger partial charge in [-0.05, 0) is 0 Å². The molecule has 0 rings (SSSR count). The van der Waals surface area contributed by atoms with Crippen molar-refractivity contribution < 1.29 is 52.0 Å². The first-order valence-corrected chi connectivity index (χ1v) is 1.10. The first-order valence-electron chi connectivity index (χ1n) is 1.10. The molecule has 10 heteroatoms. The van der Waals surface area contributed by atoms with Gasteiger partial charge in [-0.15, -0.1) is 0 Å². The third-order valence-corrected chi connectivity index (χ3v) is 0. The Bertz CT molecular complexity index is 73.7. The first-order chi connectivity index (χ1) is 3.46. The molecule has 0 bridgehead atoms. The van der Waals surface area contributed by atoms with Crippen molar-refractivity contribution in [1.82, 2.24) is 0 Å². The van der Waals surface area contributed by atoms with E-state index in [4.69, 9.17) is 30.6 Å². The van der Waals surface area contributed by atoms with Gasteiger partial charge in [-0.25, -0.2) is 0 Å². The third kappa shape index (κ3) is 6360. The summed E-state index contributed by atoms with van der Waals surface area (Å²) in [6.07, 6.45) is 0. The van der Waals surface area contributed by atoms with Crippen molar-refractivity contribution in [2.24, 2.45) is 0 Å². The van der Waals surface area contributed by atoms with Crippen LogP contribution in [-0.4, -0.2) is 10.2 Å². The minimum absolute atomic E-state index is 0. The van der Waals surface area contributed by atoms with E-state index in [1.165, 1.54) is 0 Å². The molecule has 0 amide bonds. The maximum atomic E-state index is 8.25. The molecule has 58 valence electrons. The van der Waals surface area contributed by atoms with Crippen LogP contribution in [-0.2, 0) is 41.9 Å². The van der Waals surface area contributed by atoms with Gasteiger partial charge in [0.1, 0.15) is 0 Å². The van der Waals surface area contributed by atoms with Gasteiger partial charge in [-0.3, -0.25) is 0 Å².